The van der Waals surface area contributed by atoms with E-state index < -0.39 is 41.2 Å². The van der Waals surface area contributed by atoms with Gasteiger partial charge in [0, 0.05) is 24.7 Å². The van der Waals surface area contributed by atoms with E-state index in [1.807, 2.05) is 0 Å². The van der Waals surface area contributed by atoms with Crippen molar-refractivity contribution in [2.24, 2.45) is 0 Å². The molecule has 2 amide bonds. The fourth-order valence-corrected chi connectivity index (χ4v) is 3.05. The second-order valence-corrected chi connectivity index (χ2v) is 6.34. The van der Waals surface area contributed by atoms with Crippen molar-refractivity contribution in [2.75, 3.05) is 18.0 Å². The number of nitrogens with zero attached hydrogens (tertiary/aromatic N) is 2. The molecule has 1 fully saturated rings. The molecule has 0 N–H and O–H groups in total. The van der Waals surface area contributed by atoms with E-state index in [2.05, 4.69) is 0 Å². The Kier molecular flexibility index (Phi) is 5.10. The molecule has 9 heteroatoms. The van der Waals surface area contributed by atoms with Crippen molar-refractivity contribution in [3.8, 4) is 0 Å². The van der Waals surface area contributed by atoms with Crippen LogP contribution in [0.3, 0.4) is 0 Å². The third kappa shape index (κ3) is 3.69. The fourth-order valence-electron chi connectivity index (χ4n) is 3.05. The van der Waals surface area contributed by atoms with Crippen molar-refractivity contribution in [3.05, 3.63) is 65.2 Å². The molecular formula is C19H15F5N2O2. The van der Waals surface area contributed by atoms with Gasteiger partial charge in [-0.2, -0.15) is 13.2 Å². The molecule has 2 aromatic rings. The van der Waals surface area contributed by atoms with Gasteiger partial charge in [-0.1, -0.05) is 0 Å². The molecule has 0 radical (unpaired) electrons. The molecule has 0 aliphatic carbocycles. The minimum absolute atomic E-state index is 0.00839. The molecule has 1 unspecified atom stereocenters. The Morgan fingerprint density at radius 3 is 2.25 bits per heavy atom. The van der Waals surface area contributed by atoms with E-state index in [0.717, 1.165) is 41.3 Å². The lowest BCUT2D eigenvalue weighted by Crippen LogP contribution is -2.58. The summed E-state index contributed by atoms with van der Waals surface area (Å²) in [6.45, 7) is 1.46. The van der Waals surface area contributed by atoms with Crippen molar-refractivity contribution in [2.45, 2.75) is 19.1 Å². The average molecular weight is 398 g/mol. The van der Waals surface area contributed by atoms with Gasteiger partial charge in [0.1, 0.15) is 17.7 Å². The van der Waals surface area contributed by atoms with Gasteiger partial charge < -0.3 is 9.80 Å². The summed E-state index contributed by atoms with van der Waals surface area (Å²) < 4.78 is 65.0. The number of carbonyl (C=O) groups excluding carboxylic acids is 2. The van der Waals surface area contributed by atoms with Crippen LogP contribution in [0.4, 0.5) is 27.6 Å². The molecule has 1 atom stereocenters. The van der Waals surface area contributed by atoms with Gasteiger partial charge in [-0.3, -0.25) is 9.59 Å². The summed E-state index contributed by atoms with van der Waals surface area (Å²) in [5.41, 5.74) is -0.973. The Labute approximate surface area is 157 Å². The minimum Gasteiger partial charge on any atom is -0.325 e. The molecule has 0 saturated carbocycles. The van der Waals surface area contributed by atoms with Crippen LogP contribution in [0.15, 0.2) is 42.5 Å². The third-order valence-corrected chi connectivity index (χ3v) is 4.58. The molecule has 1 aliphatic heterocycles. The van der Waals surface area contributed by atoms with E-state index in [9.17, 15) is 31.5 Å². The predicted octanol–water partition coefficient (Wildman–Crippen LogP) is 3.86. The van der Waals surface area contributed by atoms with Crippen LogP contribution < -0.4 is 4.90 Å². The summed E-state index contributed by atoms with van der Waals surface area (Å²) in [7, 11) is 0. The Balaban J connectivity index is 1.79. The lowest BCUT2D eigenvalue weighted by atomic mass is 10.1. The second kappa shape index (κ2) is 7.21. The molecule has 1 saturated heterocycles. The average Bonchev–Trinajstić information content (AvgIpc) is 2.63. The number of hydrogen-bond donors (Lipinski definition) is 0. The van der Waals surface area contributed by atoms with Crippen LogP contribution in [-0.2, 0) is 11.0 Å². The van der Waals surface area contributed by atoms with Gasteiger partial charge in [0.2, 0.25) is 5.91 Å². The van der Waals surface area contributed by atoms with Crippen LogP contribution in [0.25, 0.3) is 0 Å². The highest BCUT2D eigenvalue weighted by atomic mass is 19.4. The van der Waals surface area contributed by atoms with E-state index in [0.29, 0.717) is 6.07 Å². The maximum atomic E-state index is 14.0. The van der Waals surface area contributed by atoms with Crippen molar-refractivity contribution in [1.29, 1.82) is 0 Å². The first-order valence-corrected chi connectivity index (χ1v) is 8.34. The zero-order chi connectivity index (χ0) is 20.6. The Hall–Kier alpha value is -2.97. The van der Waals surface area contributed by atoms with Gasteiger partial charge >= 0.3 is 6.18 Å². The van der Waals surface area contributed by atoms with Gasteiger partial charge in [-0.15, -0.1) is 0 Å². The minimum atomic E-state index is -4.52. The van der Waals surface area contributed by atoms with Crippen molar-refractivity contribution in [3.63, 3.8) is 0 Å². The van der Waals surface area contributed by atoms with Gasteiger partial charge in [-0.25, -0.2) is 8.78 Å². The standard InChI is InChI=1S/C19H15F5N2O2/c1-11-17(27)26(16-7-6-14(20)10-15(16)21)9-8-25(11)18(28)12-2-4-13(5-3-12)19(22,23)24/h2-7,10-11H,8-9H2,1H3. The SMILES string of the molecule is CC1C(=O)N(c2ccc(F)cc2F)CCN1C(=O)c1ccc(C(F)(F)F)cc1. The van der Waals surface area contributed by atoms with Gasteiger partial charge in [-0.05, 0) is 43.3 Å². The van der Waals surface area contributed by atoms with Gasteiger partial charge in [0.25, 0.3) is 5.91 Å². The quantitative estimate of drug-likeness (QED) is 0.721. The van der Waals surface area contributed by atoms with Gasteiger partial charge in [0.05, 0.1) is 11.3 Å². The predicted molar refractivity (Wildman–Crippen MR) is 90.7 cm³/mol. The van der Waals surface area contributed by atoms with Crippen LogP contribution >= 0.6 is 0 Å². The van der Waals surface area contributed by atoms with Crippen molar-refractivity contribution < 1.29 is 31.5 Å². The zero-order valence-corrected chi connectivity index (χ0v) is 14.6. The zero-order valence-electron chi connectivity index (χ0n) is 14.6. The van der Waals surface area contributed by atoms with Crippen molar-refractivity contribution in [1.82, 2.24) is 4.90 Å². The number of rotatable bonds is 2. The second-order valence-electron chi connectivity index (χ2n) is 6.34. The van der Waals surface area contributed by atoms with E-state index in [-0.39, 0.29) is 24.3 Å². The monoisotopic (exact) mass is 398 g/mol. The summed E-state index contributed by atoms with van der Waals surface area (Å²) in [6, 6.07) is 5.55. The normalized spacial score (nSPS) is 17.8. The van der Waals surface area contributed by atoms with Gasteiger partial charge in [0.15, 0.2) is 0 Å². The number of piperazine rings is 1. The first-order valence-electron chi connectivity index (χ1n) is 8.34. The molecule has 3 rings (SSSR count). The highest BCUT2D eigenvalue weighted by Crippen LogP contribution is 2.30. The molecular weight excluding hydrogens is 383 g/mol. The Morgan fingerprint density at radius 2 is 1.68 bits per heavy atom. The summed E-state index contributed by atoms with van der Waals surface area (Å²) in [5, 5.41) is 0. The van der Waals surface area contributed by atoms with E-state index in [1.165, 1.54) is 11.8 Å². The number of alkyl halides is 3. The summed E-state index contributed by atoms with van der Waals surface area (Å²) in [4.78, 5) is 27.6. The molecule has 4 nitrogen and oxygen atoms in total. The Morgan fingerprint density at radius 1 is 1.04 bits per heavy atom. The number of benzene rings is 2. The molecule has 1 aliphatic rings. The number of carbonyl (C=O) groups is 2. The molecule has 28 heavy (non-hydrogen) atoms. The van der Waals surface area contributed by atoms with Crippen LogP contribution in [0.2, 0.25) is 0 Å². The number of halogens is 5. The van der Waals surface area contributed by atoms with E-state index >= 15 is 0 Å². The van der Waals surface area contributed by atoms with Crippen LogP contribution in [0.1, 0.15) is 22.8 Å². The topological polar surface area (TPSA) is 40.6 Å². The Bertz CT molecular complexity index is 912. The maximum absolute atomic E-state index is 14.0. The summed E-state index contributed by atoms with van der Waals surface area (Å²) in [5.74, 6) is -2.85. The fraction of sp³-hybridized carbons (Fsp3) is 0.263. The van der Waals surface area contributed by atoms with Crippen molar-refractivity contribution >= 4 is 17.5 Å². The first-order chi connectivity index (χ1) is 13.1. The lowest BCUT2D eigenvalue weighted by molar-refractivity contribution is -0.137. The third-order valence-electron chi connectivity index (χ3n) is 4.58. The van der Waals surface area contributed by atoms with E-state index in [1.54, 1.807) is 0 Å². The number of anilines is 1. The first kappa shape index (κ1) is 19.8. The molecule has 0 aromatic heterocycles. The van der Waals surface area contributed by atoms with Crippen LogP contribution in [0, 0.1) is 11.6 Å². The molecule has 0 bridgehead atoms. The highest BCUT2D eigenvalue weighted by Gasteiger charge is 2.37. The largest absolute Gasteiger partial charge is 0.416 e. The smallest absolute Gasteiger partial charge is 0.325 e. The maximum Gasteiger partial charge on any atom is 0.416 e. The molecule has 1 heterocycles. The number of amides is 2. The summed E-state index contributed by atoms with van der Waals surface area (Å²) in [6.07, 6.45) is -4.52. The van der Waals surface area contributed by atoms with Crippen LogP contribution in [-0.4, -0.2) is 35.8 Å². The number of hydrogen-bond acceptors (Lipinski definition) is 2. The van der Waals surface area contributed by atoms with Crippen LogP contribution in [0.5, 0.6) is 0 Å². The summed E-state index contributed by atoms with van der Waals surface area (Å²) >= 11 is 0. The molecule has 0 spiro atoms. The molecule has 2 aromatic carbocycles. The molecule has 148 valence electrons. The lowest BCUT2D eigenvalue weighted by Gasteiger charge is -2.39. The highest BCUT2D eigenvalue weighted by molar-refractivity contribution is 6.03. The van der Waals surface area contributed by atoms with E-state index in [4.69, 9.17) is 0 Å².